The van der Waals surface area contributed by atoms with E-state index >= 15 is 0 Å². The molecule has 2 heterocycles. The third-order valence-corrected chi connectivity index (χ3v) is 4.42. The molecule has 1 aromatic heterocycles. The molecule has 0 aliphatic carbocycles. The Bertz CT molecular complexity index is 449. The number of anilines is 1. The second-order valence-corrected chi connectivity index (χ2v) is 5.35. The highest BCUT2D eigenvalue weighted by atomic mass is 32.2. The average molecular weight is 239 g/mol. The van der Waals surface area contributed by atoms with E-state index in [2.05, 4.69) is 4.98 Å². The first-order valence-electron chi connectivity index (χ1n) is 4.96. The number of pyridine rings is 1. The van der Waals surface area contributed by atoms with Crippen LogP contribution in [0.4, 0.5) is 5.69 Å². The topological polar surface area (TPSA) is 76.3 Å². The van der Waals surface area contributed by atoms with Gasteiger partial charge in [0.05, 0.1) is 27.6 Å². The first kappa shape index (κ1) is 11.1. The number of hydrogen-bond acceptors (Lipinski definition) is 4. The summed E-state index contributed by atoms with van der Waals surface area (Å²) in [5, 5.41) is -0.463. The predicted octanol–water partition coefficient (Wildman–Crippen LogP) is 0.00210. The van der Waals surface area contributed by atoms with Crippen LogP contribution >= 0.6 is 0 Å². The Morgan fingerprint density at radius 2 is 2.38 bits per heavy atom. The fourth-order valence-corrected chi connectivity index (χ4v) is 3.19. The zero-order valence-electron chi connectivity index (χ0n) is 8.92. The zero-order valence-corrected chi connectivity index (χ0v) is 9.74. The molecule has 0 saturated carbocycles. The Morgan fingerprint density at radius 1 is 1.62 bits per heavy atom. The predicted molar refractivity (Wildman–Crippen MR) is 61.1 cm³/mol. The van der Waals surface area contributed by atoms with Gasteiger partial charge in [-0.05, 0) is 12.5 Å². The van der Waals surface area contributed by atoms with E-state index in [1.165, 1.54) is 12.4 Å². The Morgan fingerprint density at radius 3 is 2.94 bits per heavy atom. The standard InChI is InChI=1S/C10H13N3O2S/c1-13-5-3-9(10(13)14)16(15)8-2-4-12-6-7(8)11/h2,4,6,9H,3,5,11H2,1H3. The summed E-state index contributed by atoms with van der Waals surface area (Å²) in [5.74, 6) is -0.0745. The molecule has 2 unspecified atom stereocenters. The normalized spacial score (nSPS) is 22.4. The molecule has 0 aromatic carbocycles. The second-order valence-electron chi connectivity index (χ2n) is 3.75. The van der Waals surface area contributed by atoms with Crippen molar-refractivity contribution in [3.8, 4) is 0 Å². The summed E-state index contributed by atoms with van der Waals surface area (Å²) in [5.41, 5.74) is 6.07. The maximum atomic E-state index is 12.2. The van der Waals surface area contributed by atoms with Gasteiger partial charge >= 0.3 is 0 Å². The maximum Gasteiger partial charge on any atom is 0.238 e. The maximum absolute atomic E-state index is 12.2. The van der Waals surface area contributed by atoms with Crippen LogP contribution in [0.3, 0.4) is 0 Å². The Hall–Kier alpha value is -1.43. The van der Waals surface area contributed by atoms with Crippen molar-refractivity contribution in [3.05, 3.63) is 18.5 Å². The molecule has 6 heteroatoms. The molecule has 1 aromatic rings. The van der Waals surface area contributed by atoms with Gasteiger partial charge in [0, 0.05) is 19.8 Å². The largest absolute Gasteiger partial charge is 0.396 e. The number of nitrogens with zero attached hydrogens (tertiary/aromatic N) is 2. The van der Waals surface area contributed by atoms with Crippen LogP contribution in [0.1, 0.15) is 6.42 Å². The third kappa shape index (κ3) is 1.80. The van der Waals surface area contributed by atoms with Crippen LogP contribution in [0.2, 0.25) is 0 Å². The van der Waals surface area contributed by atoms with Gasteiger partial charge in [0.1, 0.15) is 5.25 Å². The van der Waals surface area contributed by atoms with Gasteiger partial charge in [-0.3, -0.25) is 14.0 Å². The van der Waals surface area contributed by atoms with Crippen LogP contribution in [0.15, 0.2) is 23.4 Å². The molecule has 2 atom stereocenters. The minimum atomic E-state index is -1.38. The highest BCUT2D eigenvalue weighted by molar-refractivity contribution is 7.86. The van der Waals surface area contributed by atoms with Crippen molar-refractivity contribution in [2.75, 3.05) is 19.3 Å². The lowest BCUT2D eigenvalue weighted by atomic mass is 10.4. The summed E-state index contributed by atoms with van der Waals surface area (Å²) in [7, 11) is 0.340. The van der Waals surface area contributed by atoms with E-state index in [9.17, 15) is 9.00 Å². The Kier molecular flexibility index (Phi) is 2.91. The minimum absolute atomic E-state index is 0.0745. The van der Waals surface area contributed by atoms with Crippen LogP contribution in [-0.4, -0.2) is 38.8 Å². The summed E-state index contributed by atoms with van der Waals surface area (Å²) in [6, 6.07) is 1.61. The molecule has 1 aliphatic rings. The molecular weight excluding hydrogens is 226 g/mol. The van der Waals surface area contributed by atoms with E-state index < -0.39 is 16.0 Å². The lowest BCUT2D eigenvalue weighted by molar-refractivity contribution is -0.126. The van der Waals surface area contributed by atoms with Crippen LogP contribution in [0, 0.1) is 0 Å². The van der Waals surface area contributed by atoms with Crippen LogP contribution in [0.5, 0.6) is 0 Å². The summed E-state index contributed by atoms with van der Waals surface area (Å²) >= 11 is 0. The fourth-order valence-electron chi connectivity index (χ4n) is 1.72. The fraction of sp³-hybridized carbons (Fsp3) is 0.400. The van der Waals surface area contributed by atoms with E-state index in [0.29, 0.717) is 23.5 Å². The van der Waals surface area contributed by atoms with E-state index in [4.69, 9.17) is 5.73 Å². The van der Waals surface area contributed by atoms with Crippen LogP contribution < -0.4 is 5.73 Å². The van der Waals surface area contributed by atoms with Crippen molar-refractivity contribution in [3.63, 3.8) is 0 Å². The number of carbonyl (C=O) groups is 1. The Balaban J connectivity index is 2.27. The van der Waals surface area contributed by atoms with Crippen molar-refractivity contribution < 1.29 is 9.00 Å². The van der Waals surface area contributed by atoms with Crippen molar-refractivity contribution in [2.24, 2.45) is 0 Å². The smallest absolute Gasteiger partial charge is 0.238 e. The molecule has 0 radical (unpaired) electrons. The van der Waals surface area contributed by atoms with Crippen molar-refractivity contribution >= 4 is 22.4 Å². The number of amides is 1. The number of hydrogen-bond donors (Lipinski definition) is 1. The quantitative estimate of drug-likeness (QED) is 0.788. The van der Waals surface area contributed by atoms with Gasteiger partial charge in [-0.15, -0.1) is 0 Å². The van der Waals surface area contributed by atoms with Gasteiger partial charge in [0.25, 0.3) is 0 Å². The molecule has 2 rings (SSSR count). The monoisotopic (exact) mass is 239 g/mol. The molecule has 1 fully saturated rings. The molecule has 5 nitrogen and oxygen atoms in total. The van der Waals surface area contributed by atoms with E-state index in [0.717, 1.165) is 0 Å². The lowest BCUT2D eigenvalue weighted by Gasteiger charge is -2.11. The number of carbonyl (C=O) groups excluding carboxylic acids is 1. The van der Waals surface area contributed by atoms with Crippen LogP contribution in [0.25, 0.3) is 0 Å². The average Bonchev–Trinajstić information content (AvgIpc) is 2.60. The summed E-state index contributed by atoms with van der Waals surface area (Å²) in [6.45, 7) is 0.653. The molecular formula is C10H13N3O2S. The molecule has 1 amide bonds. The molecule has 2 N–H and O–H groups in total. The number of rotatable bonds is 2. The van der Waals surface area contributed by atoms with E-state index in [1.807, 2.05) is 0 Å². The van der Waals surface area contributed by atoms with Gasteiger partial charge in [-0.2, -0.15) is 0 Å². The van der Waals surface area contributed by atoms with Crippen molar-refractivity contribution in [1.82, 2.24) is 9.88 Å². The molecule has 16 heavy (non-hydrogen) atoms. The molecule has 1 aliphatic heterocycles. The Labute approximate surface area is 96.1 Å². The minimum Gasteiger partial charge on any atom is -0.396 e. The molecule has 1 saturated heterocycles. The summed E-state index contributed by atoms with van der Waals surface area (Å²) < 4.78 is 12.2. The van der Waals surface area contributed by atoms with E-state index in [-0.39, 0.29) is 5.91 Å². The van der Waals surface area contributed by atoms with Crippen molar-refractivity contribution in [2.45, 2.75) is 16.6 Å². The highest BCUT2D eigenvalue weighted by Crippen LogP contribution is 2.23. The summed E-state index contributed by atoms with van der Waals surface area (Å²) in [6.07, 6.45) is 3.60. The lowest BCUT2D eigenvalue weighted by Crippen LogP contribution is -2.28. The highest BCUT2D eigenvalue weighted by Gasteiger charge is 2.35. The first-order chi connectivity index (χ1) is 7.61. The van der Waals surface area contributed by atoms with Crippen LogP contribution in [-0.2, 0) is 15.6 Å². The van der Waals surface area contributed by atoms with Gasteiger partial charge in [0.2, 0.25) is 5.91 Å². The van der Waals surface area contributed by atoms with Gasteiger partial charge < -0.3 is 10.6 Å². The van der Waals surface area contributed by atoms with Gasteiger partial charge in [-0.25, -0.2) is 0 Å². The number of nitrogens with two attached hydrogens (primary N) is 1. The summed E-state index contributed by atoms with van der Waals surface area (Å²) in [4.78, 5) is 17.6. The number of likely N-dealkylation sites (tertiary alicyclic amines) is 1. The third-order valence-electron chi connectivity index (χ3n) is 2.66. The van der Waals surface area contributed by atoms with Gasteiger partial charge in [0.15, 0.2) is 0 Å². The van der Waals surface area contributed by atoms with E-state index in [1.54, 1.807) is 18.0 Å². The second kappa shape index (κ2) is 4.21. The van der Waals surface area contributed by atoms with Crippen molar-refractivity contribution in [1.29, 1.82) is 0 Å². The van der Waals surface area contributed by atoms with Gasteiger partial charge in [-0.1, -0.05) is 0 Å². The zero-order chi connectivity index (χ0) is 11.7. The molecule has 0 bridgehead atoms. The first-order valence-corrected chi connectivity index (χ1v) is 6.17. The number of nitrogen functional groups attached to an aromatic ring is 1. The molecule has 86 valence electrons. The molecule has 0 spiro atoms. The number of aromatic nitrogens is 1. The SMILES string of the molecule is CN1CCC(S(=O)c2ccncc2N)C1=O.